The van der Waals surface area contributed by atoms with Crippen molar-refractivity contribution in [2.45, 2.75) is 18.7 Å². The lowest BCUT2D eigenvalue weighted by molar-refractivity contribution is 0.0945. The normalized spacial score (nSPS) is 11.5. The highest BCUT2D eigenvalue weighted by Gasteiger charge is 2.17. The lowest BCUT2D eigenvalue weighted by atomic mass is 10.2. The topological polar surface area (TPSA) is 63.2 Å². The Hall–Kier alpha value is -1.36. The van der Waals surface area contributed by atoms with Gasteiger partial charge in [0.2, 0.25) is 0 Å². The molecule has 94 valence electrons. The monoisotopic (exact) mass is 255 g/mol. The van der Waals surface area contributed by atoms with Crippen molar-refractivity contribution in [3.05, 3.63) is 29.8 Å². The molecule has 0 heterocycles. The molecule has 0 aliphatic rings. The van der Waals surface area contributed by atoms with Crippen LogP contribution in [0.5, 0.6) is 0 Å². The van der Waals surface area contributed by atoms with Crippen molar-refractivity contribution in [2.75, 3.05) is 12.8 Å². The van der Waals surface area contributed by atoms with E-state index in [2.05, 4.69) is 5.32 Å². The van der Waals surface area contributed by atoms with E-state index in [0.717, 1.165) is 6.26 Å². The molecule has 1 aromatic carbocycles. The van der Waals surface area contributed by atoms with E-state index in [0.29, 0.717) is 12.5 Å². The number of amides is 1. The first-order valence-electron chi connectivity index (χ1n) is 5.39. The van der Waals surface area contributed by atoms with E-state index in [4.69, 9.17) is 0 Å². The highest BCUT2D eigenvalue weighted by atomic mass is 32.2. The zero-order valence-electron chi connectivity index (χ0n) is 10.2. The number of nitrogens with one attached hydrogen (secondary N) is 1. The average Bonchev–Trinajstić information content (AvgIpc) is 2.24. The average molecular weight is 255 g/mol. The summed E-state index contributed by atoms with van der Waals surface area (Å²) in [6, 6.07) is 6.22. The smallest absolute Gasteiger partial charge is 0.252 e. The summed E-state index contributed by atoms with van der Waals surface area (Å²) in [7, 11) is -3.38. The van der Waals surface area contributed by atoms with Gasteiger partial charge in [-0.25, -0.2) is 8.42 Å². The minimum atomic E-state index is -3.38. The summed E-state index contributed by atoms with van der Waals surface area (Å²) in [4.78, 5) is 11.9. The molecule has 1 aromatic rings. The molecule has 0 spiro atoms. The van der Waals surface area contributed by atoms with Crippen LogP contribution in [-0.4, -0.2) is 27.1 Å². The van der Waals surface area contributed by atoms with E-state index in [9.17, 15) is 13.2 Å². The number of hydrogen-bond acceptors (Lipinski definition) is 3. The third-order valence-electron chi connectivity index (χ3n) is 2.20. The Morgan fingerprint density at radius 3 is 2.41 bits per heavy atom. The molecule has 0 saturated carbocycles. The van der Waals surface area contributed by atoms with Crippen LogP contribution in [-0.2, 0) is 9.84 Å². The van der Waals surface area contributed by atoms with Gasteiger partial charge in [-0.05, 0) is 18.1 Å². The van der Waals surface area contributed by atoms with E-state index in [1.807, 2.05) is 13.8 Å². The molecule has 1 rings (SSSR count). The Balaban J connectivity index is 3.02. The second kappa shape index (κ2) is 5.31. The van der Waals surface area contributed by atoms with Gasteiger partial charge in [0, 0.05) is 12.8 Å². The van der Waals surface area contributed by atoms with Gasteiger partial charge in [0.25, 0.3) is 5.91 Å². The van der Waals surface area contributed by atoms with Crippen molar-refractivity contribution in [1.82, 2.24) is 5.32 Å². The molecule has 4 nitrogen and oxygen atoms in total. The van der Waals surface area contributed by atoms with Gasteiger partial charge in [0.15, 0.2) is 9.84 Å². The van der Waals surface area contributed by atoms with Crippen molar-refractivity contribution >= 4 is 15.7 Å². The Kier molecular flexibility index (Phi) is 4.28. The van der Waals surface area contributed by atoms with Gasteiger partial charge < -0.3 is 5.32 Å². The fraction of sp³-hybridized carbons (Fsp3) is 0.417. The van der Waals surface area contributed by atoms with Crippen LogP contribution in [0.4, 0.5) is 0 Å². The van der Waals surface area contributed by atoms with Crippen molar-refractivity contribution < 1.29 is 13.2 Å². The quantitative estimate of drug-likeness (QED) is 0.886. The van der Waals surface area contributed by atoms with Crippen LogP contribution in [0.1, 0.15) is 24.2 Å². The maximum Gasteiger partial charge on any atom is 0.252 e. The third-order valence-corrected chi connectivity index (χ3v) is 3.36. The maximum atomic E-state index is 11.8. The highest BCUT2D eigenvalue weighted by molar-refractivity contribution is 7.90. The van der Waals surface area contributed by atoms with Crippen molar-refractivity contribution in [2.24, 2.45) is 5.92 Å². The van der Waals surface area contributed by atoms with Crippen LogP contribution in [0.15, 0.2) is 29.2 Å². The molecule has 17 heavy (non-hydrogen) atoms. The van der Waals surface area contributed by atoms with Crippen LogP contribution in [0.2, 0.25) is 0 Å². The molecule has 0 radical (unpaired) electrons. The lowest BCUT2D eigenvalue weighted by Crippen LogP contribution is -2.28. The second-order valence-corrected chi connectivity index (χ2v) is 6.36. The third kappa shape index (κ3) is 3.85. The van der Waals surface area contributed by atoms with Crippen LogP contribution in [0.3, 0.4) is 0 Å². The fourth-order valence-electron chi connectivity index (χ4n) is 1.37. The molecule has 1 N–H and O–H groups in total. The summed E-state index contributed by atoms with van der Waals surface area (Å²) in [6.45, 7) is 4.47. The minimum Gasteiger partial charge on any atom is -0.352 e. The first kappa shape index (κ1) is 13.7. The first-order valence-corrected chi connectivity index (χ1v) is 7.29. The molecule has 0 aliphatic carbocycles. The minimum absolute atomic E-state index is 0.0706. The molecule has 1 amide bonds. The molecule has 0 fully saturated rings. The van der Waals surface area contributed by atoms with E-state index in [1.54, 1.807) is 12.1 Å². The van der Waals surface area contributed by atoms with Gasteiger partial charge in [-0.15, -0.1) is 0 Å². The molecule has 0 unspecified atom stereocenters. The van der Waals surface area contributed by atoms with Gasteiger partial charge in [-0.1, -0.05) is 26.0 Å². The Labute approximate surface area is 102 Å². The predicted molar refractivity (Wildman–Crippen MR) is 66.7 cm³/mol. The molecular weight excluding hydrogens is 238 g/mol. The Bertz CT molecular complexity index is 506. The Morgan fingerprint density at radius 1 is 1.29 bits per heavy atom. The van der Waals surface area contributed by atoms with E-state index < -0.39 is 9.84 Å². The molecule has 0 saturated heterocycles. The largest absolute Gasteiger partial charge is 0.352 e. The summed E-state index contributed by atoms with van der Waals surface area (Å²) in [5, 5.41) is 2.71. The van der Waals surface area contributed by atoms with Gasteiger partial charge in [0.1, 0.15) is 0 Å². The van der Waals surface area contributed by atoms with Crippen LogP contribution in [0, 0.1) is 5.92 Å². The van der Waals surface area contributed by atoms with Crippen molar-refractivity contribution in [1.29, 1.82) is 0 Å². The summed E-state index contributed by atoms with van der Waals surface area (Å²) in [5.74, 6) is -0.0240. The van der Waals surface area contributed by atoms with Crippen LogP contribution < -0.4 is 5.32 Å². The number of rotatable bonds is 4. The fourth-order valence-corrected chi connectivity index (χ4v) is 2.26. The van der Waals surface area contributed by atoms with Gasteiger partial charge in [-0.2, -0.15) is 0 Å². The molecule has 0 bridgehead atoms. The van der Waals surface area contributed by atoms with E-state index in [1.165, 1.54) is 12.1 Å². The molecule has 5 heteroatoms. The van der Waals surface area contributed by atoms with Gasteiger partial charge >= 0.3 is 0 Å². The molecular formula is C12H17NO3S. The highest BCUT2D eigenvalue weighted by Crippen LogP contribution is 2.15. The zero-order chi connectivity index (χ0) is 13.1. The Morgan fingerprint density at radius 2 is 1.88 bits per heavy atom. The number of hydrogen-bond donors (Lipinski definition) is 1. The molecule has 0 atom stereocenters. The summed E-state index contributed by atoms with van der Waals surface area (Å²) in [5.41, 5.74) is 0.204. The van der Waals surface area contributed by atoms with Crippen LogP contribution >= 0.6 is 0 Å². The summed E-state index contributed by atoms with van der Waals surface area (Å²) < 4.78 is 23.0. The number of carbonyl (C=O) groups excluding carboxylic acids is 1. The summed E-state index contributed by atoms with van der Waals surface area (Å²) in [6.07, 6.45) is 1.10. The number of benzene rings is 1. The van der Waals surface area contributed by atoms with E-state index in [-0.39, 0.29) is 16.4 Å². The maximum absolute atomic E-state index is 11.8. The summed E-state index contributed by atoms with van der Waals surface area (Å²) >= 11 is 0. The number of sulfone groups is 1. The van der Waals surface area contributed by atoms with Crippen molar-refractivity contribution in [3.63, 3.8) is 0 Å². The zero-order valence-corrected chi connectivity index (χ0v) is 11.0. The second-order valence-electron chi connectivity index (χ2n) is 4.37. The van der Waals surface area contributed by atoms with Gasteiger partial charge in [0.05, 0.1) is 10.5 Å². The lowest BCUT2D eigenvalue weighted by Gasteiger charge is -2.10. The van der Waals surface area contributed by atoms with Gasteiger partial charge in [-0.3, -0.25) is 4.79 Å². The SMILES string of the molecule is CC(C)CNC(=O)c1ccccc1S(C)(=O)=O. The molecule has 0 aliphatic heterocycles. The first-order chi connectivity index (χ1) is 7.82. The number of carbonyl (C=O) groups is 1. The van der Waals surface area contributed by atoms with E-state index >= 15 is 0 Å². The molecule has 0 aromatic heterocycles. The van der Waals surface area contributed by atoms with Crippen LogP contribution in [0.25, 0.3) is 0 Å². The van der Waals surface area contributed by atoms with Crippen molar-refractivity contribution in [3.8, 4) is 0 Å². The predicted octanol–water partition coefficient (Wildman–Crippen LogP) is 1.48. The standard InChI is InChI=1S/C12H17NO3S/c1-9(2)8-13-12(14)10-6-4-5-7-11(10)17(3,15)16/h4-7,9H,8H2,1-3H3,(H,13,14).